The smallest absolute Gasteiger partial charge is 0.255 e. The van der Waals surface area contributed by atoms with Gasteiger partial charge in [0.1, 0.15) is 5.75 Å². The van der Waals surface area contributed by atoms with Gasteiger partial charge in [-0.25, -0.2) is 0 Å². The van der Waals surface area contributed by atoms with Crippen molar-refractivity contribution in [1.29, 1.82) is 0 Å². The van der Waals surface area contributed by atoms with Gasteiger partial charge in [0.25, 0.3) is 5.91 Å². The molecule has 1 aromatic carbocycles. The first-order valence-electron chi connectivity index (χ1n) is 6.00. The monoisotopic (exact) mass is 291 g/mol. The van der Waals surface area contributed by atoms with Crippen LogP contribution in [0.2, 0.25) is 5.02 Å². The Morgan fingerprint density at radius 1 is 1.35 bits per heavy atom. The van der Waals surface area contributed by atoms with E-state index in [1.54, 1.807) is 19.3 Å². The number of hydrogen-bond acceptors (Lipinski definition) is 4. The number of phenols is 1. The van der Waals surface area contributed by atoms with E-state index in [1.165, 1.54) is 12.1 Å². The molecule has 6 heteroatoms. The first-order chi connectivity index (χ1) is 9.63. The molecule has 0 bridgehead atoms. The number of phenolic OH excluding ortho intramolecular Hbond substituents is 1. The van der Waals surface area contributed by atoms with Crippen molar-refractivity contribution >= 4 is 23.2 Å². The number of aromatic hydroxyl groups is 1. The third-order valence-corrected chi connectivity index (χ3v) is 3.08. The fourth-order valence-corrected chi connectivity index (χ4v) is 2.05. The Balaban J connectivity index is 2.19. The second-order valence-corrected chi connectivity index (χ2v) is 4.48. The molecule has 0 saturated carbocycles. The van der Waals surface area contributed by atoms with Crippen molar-refractivity contribution in [1.82, 2.24) is 10.3 Å². The minimum absolute atomic E-state index is 0.0279. The van der Waals surface area contributed by atoms with Crippen LogP contribution in [0.4, 0.5) is 5.69 Å². The van der Waals surface area contributed by atoms with E-state index in [0.29, 0.717) is 5.69 Å². The Kier molecular flexibility index (Phi) is 4.42. The molecule has 0 atom stereocenters. The van der Waals surface area contributed by atoms with E-state index in [-0.39, 0.29) is 28.8 Å². The van der Waals surface area contributed by atoms with Crippen molar-refractivity contribution in [3.05, 3.63) is 52.8 Å². The molecule has 0 aliphatic carbocycles. The number of benzene rings is 1. The van der Waals surface area contributed by atoms with Gasteiger partial charge < -0.3 is 15.7 Å². The van der Waals surface area contributed by atoms with Crippen molar-refractivity contribution < 1.29 is 9.90 Å². The molecule has 5 nitrogen and oxygen atoms in total. The normalized spacial score (nSPS) is 10.1. The largest absolute Gasteiger partial charge is 0.506 e. The molecule has 2 aromatic rings. The van der Waals surface area contributed by atoms with E-state index in [4.69, 9.17) is 11.6 Å². The van der Waals surface area contributed by atoms with Crippen LogP contribution in [0.5, 0.6) is 5.75 Å². The zero-order valence-corrected chi connectivity index (χ0v) is 11.6. The zero-order chi connectivity index (χ0) is 14.5. The summed E-state index contributed by atoms with van der Waals surface area (Å²) < 4.78 is 0. The van der Waals surface area contributed by atoms with E-state index in [9.17, 15) is 9.90 Å². The average Bonchev–Trinajstić information content (AvgIpc) is 2.48. The fraction of sp³-hybridized carbons (Fsp3) is 0.143. The summed E-state index contributed by atoms with van der Waals surface area (Å²) >= 11 is 6.03. The Bertz CT molecular complexity index is 617. The van der Waals surface area contributed by atoms with E-state index in [1.807, 2.05) is 12.1 Å². The molecule has 2 rings (SSSR count). The molecule has 1 heterocycles. The molecule has 0 unspecified atom stereocenters. The lowest BCUT2D eigenvalue weighted by Gasteiger charge is -2.12. The number of rotatable bonds is 4. The summed E-state index contributed by atoms with van der Waals surface area (Å²) in [7, 11) is 1.61. The molecule has 0 fully saturated rings. The van der Waals surface area contributed by atoms with Gasteiger partial charge in [0.05, 0.1) is 28.5 Å². The highest BCUT2D eigenvalue weighted by atomic mass is 35.5. The topological polar surface area (TPSA) is 74.2 Å². The van der Waals surface area contributed by atoms with Crippen LogP contribution in [0, 0.1) is 0 Å². The standard InChI is InChI=1S/C14H14ClN3O2/c1-16-13-11(19)6-5-10(15)12(13)14(20)18-8-9-4-2-3-7-17-9/h2-7,16,19H,8H2,1H3,(H,18,20). The van der Waals surface area contributed by atoms with Gasteiger partial charge in [-0.1, -0.05) is 17.7 Å². The molecule has 0 aliphatic rings. The Labute approximate surface area is 121 Å². The van der Waals surface area contributed by atoms with Gasteiger partial charge in [0.15, 0.2) is 0 Å². The van der Waals surface area contributed by atoms with Crippen LogP contribution in [0.3, 0.4) is 0 Å². The van der Waals surface area contributed by atoms with Crippen LogP contribution in [-0.4, -0.2) is 23.0 Å². The third kappa shape index (κ3) is 3.00. The molecule has 0 radical (unpaired) electrons. The number of nitrogens with one attached hydrogen (secondary N) is 2. The summed E-state index contributed by atoms with van der Waals surface area (Å²) in [6.07, 6.45) is 1.65. The molecule has 1 aromatic heterocycles. The number of amides is 1. The maximum atomic E-state index is 12.2. The average molecular weight is 292 g/mol. The summed E-state index contributed by atoms with van der Waals surface area (Å²) in [5, 5.41) is 15.5. The number of hydrogen-bond donors (Lipinski definition) is 3. The number of halogens is 1. The third-order valence-electron chi connectivity index (χ3n) is 2.77. The van der Waals surface area contributed by atoms with Gasteiger partial charge >= 0.3 is 0 Å². The van der Waals surface area contributed by atoms with E-state index in [2.05, 4.69) is 15.6 Å². The molecule has 3 N–H and O–H groups in total. The van der Waals surface area contributed by atoms with Crippen molar-refractivity contribution in [2.45, 2.75) is 6.54 Å². The predicted octanol–water partition coefficient (Wildman–Crippen LogP) is 2.41. The van der Waals surface area contributed by atoms with Crippen LogP contribution in [0.15, 0.2) is 36.5 Å². The summed E-state index contributed by atoms with van der Waals surface area (Å²) in [5.74, 6) is -0.402. The van der Waals surface area contributed by atoms with E-state index in [0.717, 1.165) is 5.69 Å². The highest BCUT2D eigenvalue weighted by molar-refractivity contribution is 6.34. The SMILES string of the molecule is CNc1c(O)ccc(Cl)c1C(=O)NCc1ccccn1. The molecular formula is C14H14ClN3O2. The first-order valence-corrected chi connectivity index (χ1v) is 6.38. The number of aromatic nitrogens is 1. The Hall–Kier alpha value is -2.27. The van der Waals surface area contributed by atoms with Crippen LogP contribution in [0.1, 0.15) is 16.1 Å². The molecule has 0 spiro atoms. The Morgan fingerprint density at radius 3 is 2.80 bits per heavy atom. The lowest BCUT2D eigenvalue weighted by molar-refractivity contribution is 0.0951. The molecule has 104 valence electrons. The summed E-state index contributed by atoms with van der Waals surface area (Å²) in [5.41, 5.74) is 1.25. The number of carbonyl (C=O) groups excluding carboxylic acids is 1. The van der Waals surface area contributed by atoms with Crippen LogP contribution in [0.25, 0.3) is 0 Å². The van der Waals surface area contributed by atoms with Crippen molar-refractivity contribution in [2.75, 3.05) is 12.4 Å². The summed E-state index contributed by atoms with van der Waals surface area (Å²) in [6, 6.07) is 8.37. The quantitative estimate of drug-likeness (QED) is 0.756. The maximum absolute atomic E-state index is 12.2. The minimum atomic E-state index is -0.374. The Morgan fingerprint density at radius 2 is 2.15 bits per heavy atom. The van der Waals surface area contributed by atoms with Gasteiger partial charge in [-0.2, -0.15) is 0 Å². The zero-order valence-electron chi connectivity index (χ0n) is 10.9. The highest BCUT2D eigenvalue weighted by Crippen LogP contribution is 2.32. The number of carbonyl (C=O) groups is 1. The molecule has 1 amide bonds. The second-order valence-electron chi connectivity index (χ2n) is 4.07. The molecular weight excluding hydrogens is 278 g/mol. The van der Waals surface area contributed by atoms with Crippen LogP contribution in [-0.2, 0) is 6.54 Å². The fourth-order valence-electron chi connectivity index (χ4n) is 1.80. The predicted molar refractivity (Wildman–Crippen MR) is 78.1 cm³/mol. The van der Waals surface area contributed by atoms with Gasteiger partial charge in [0.2, 0.25) is 0 Å². The number of nitrogens with zero attached hydrogens (tertiary/aromatic N) is 1. The van der Waals surface area contributed by atoms with Gasteiger partial charge in [-0.15, -0.1) is 0 Å². The van der Waals surface area contributed by atoms with Crippen molar-refractivity contribution in [3.63, 3.8) is 0 Å². The molecule has 0 saturated heterocycles. The summed E-state index contributed by atoms with van der Waals surface area (Å²) in [6.45, 7) is 0.287. The van der Waals surface area contributed by atoms with Gasteiger partial charge in [-0.05, 0) is 24.3 Å². The van der Waals surface area contributed by atoms with Gasteiger partial charge in [-0.3, -0.25) is 9.78 Å². The van der Waals surface area contributed by atoms with E-state index < -0.39 is 0 Å². The van der Waals surface area contributed by atoms with Crippen LogP contribution < -0.4 is 10.6 Å². The van der Waals surface area contributed by atoms with E-state index >= 15 is 0 Å². The number of pyridine rings is 1. The van der Waals surface area contributed by atoms with Crippen LogP contribution >= 0.6 is 11.6 Å². The highest BCUT2D eigenvalue weighted by Gasteiger charge is 2.18. The lowest BCUT2D eigenvalue weighted by atomic mass is 10.1. The second kappa shape index (κ2) is 6.25. The molecule has 20 heavy (non-hydrogen) atoms. The molecule has 0 aliphatic heterocycles. The summed E-state index contributed by atoms with van der Waals surface area (Å²) in [4.78, 5) is 16.3. The van der Waals surface area contributed by atoms with Crippen molar-refractivity contribution in [3.8, 4) is 5.75 Å². The lowest BCUT2D eigenvalue weighted by Crippen LogP contribution is -2.24. The minimum Gasteiger partial charge on any atom is -0.506 e. The van der Waals surface area contributed by atoms with Crippen molar-refractivity contribution in [2.24, 2.45) is 0 Å². The number of anilines is 1. The maximum Gasteiger partial charge on any atom is 0.255 e. The van der Waals surface area contributed by atoms with Gasteiger partial charge in [0, 0.05) is 13.2 Å². The first kappa shape index (κ1) is 14.1.